The summed E-state index contributed by atoms with van der Waals surface area (Å²) in [6, 6.07) is 4.01. The molecule has 1 rings (SSSR count). The number of nitrogens with one attached hydrogen (secondary N) is 1. The van der Waals surface area contributed by atoms with E-state index >= 15 is 0 Å². The van der Waals surface area contributed by atoms with Crippen molar-refractivity contribution < 1.29 is 18.0 Å². The Bertz CT molecular complexity index is 643. The molecular weight excluding hydrogens is 298 g/mol. The molecule has 21 heavy (non-hydrogen) atoms. The van der Waals surface area contributed by atoms with E-state index in [1.165, 1.54) is 30.1 Å². The predicted octanol–water partition coefficient (Wildman–Crippen LogP) is -2.05. The van der Waals surface area contributed by atoms with E-state index in [-0.39, 0.29) is 23.7 Å². The number of anilines is 2. The molecule has 0 atom stereocenters. The van der Waals surface area contributed by atoms with E-state index in [4.69, 9.17) is 17.2 Å². The summed E-state index contributed by atoms with van der Waals surface area (Å²) < 4.78 is 25.6. The molecule has 2 amide bonds. The minimum atomic E-state index is -3.69. The molecule has 0 aliphatic rings. The van der Waals surface area contributed by atoms with Crippen LogP contribution in [-0.4, -0.2) is 40.4 Å². The molecule has 9 nitrogen and oxygen atoms in total. The third-order valence-corrected chi connectivity index (χ3v) is 4.10. The summed E-state index contributed by atoms with van der Waals surface area (Å²) in [6.07, 6.45) is 0. The van der Waals surface area contributed by atoms with Gasteiger partial charge in [0.2, 0.25) is 21.8 Å². The monoisotopic (exact) mass is 315 g/mol. The lowest BCUT2D eigenvalue weighted by atomic mass is 10.2. The van der Waals surface area contributed by atoms with Crippen LogP contribution in [0.3, 0.4) is 0 Å². The third-order valence-electron chi connectivity index (χ3n) is 2.61. The van der Waals surface area contributed by atoms with Gasteiger partial charge in [0.25, 0.3) is 0 Å². The highest BCUT2D eigenvalue weighted by atomic mass is 32.2. The first-order valence-corrected chi connectivity index (χ1v) is 7.30. The minimum Gasteiger partial charge on any atom is -0.398 e. The van der Waals surface area contributed by atoms with E-state index in [0.717, 1.165) is 0 Å². The van der Waals surface area contributed by atoms with Crippen LogP contribution in [0.15, 0.2) is 23.1 Å². The molecule has 1 aromatic rings. The van der Waals surface area contributed by atoms with E-state index in [2.05, 4.69) is 4.72 Å². The SMILES string of the molecule is CNS(=O)(=O)c1ccc(N(CC(N)=O)CC(N)=O)cc1N. The predicted molar refractivity (Wildman–Crippen MR) is 77.7 cm³/mol. The van der Waals surface area contributed by atoms with Crippen molar-refractivity contribution in [3.63, 3.8) is 0 Å². The summed E-state index contributed by atoms with van der Waals surface area (Å²) >= 11 is 0. The number of primary amides is 2. The molecule has 10 heteroatoms. The van der Waals surface area contributed by atoms with Crippen LogP contribution in [0.4, 0.5) is 11.4 Å². The Morgan fingerprint density at radius 1 is 1.19 bits per heavy atom. The zero-order chi connectivity index (χ0) is 16.2. The number of nitrogens with two attached hydrogens (primary N) is 3. The number of nitrogen functional groups attached to an aromatic ring is 1. The summed E-state index contributed by atoms with van der Waals surface area (Å²) in [4.78, 5) is 23.2. The second-order valence-electron chi connectivity index (χ2n) is 4.22. The summed E-state index contributed by atoms with van der Waals surface area (Å²) in [6.45, 7) is -0.499. The number of nitrogens with zero attached hydrogens (tertiary/aromatic N) is 1. The zero-order valence-electron chi connectivity index (χ0n) is 11.4. The molecule has 0 bridgehead atoms. The topological polar surface area (TPSA) is 162 Å². The van der Waals surface area contributed by atoms with Crippen molar-refractivity contribution >= 4 is 33.2 Å². The number of carbonyl (C=O) groups is 2. The zero-order valence-corrected chi connectivity index (χ0v) is 12.2. The van der Waals surface area contributed by atoms with E-state index < -0.39 is 21.8 Å². The largest absolute Gasteiger partial charge is 0.398 e. The van der Waals surface area contributed by atoms with Gasteiger partial charge in [0.1, 0.15) is 4.90 Å². The Balaban J connectivity index is 3.20. The first-order chi connectivity index (χ1) is 9.67. The van der Waals surface area contributed by atoms with Crippen LogP contribution in [0.1, 0.15) is 0 Å². The van der Waals surface area contributed by atoms with Gasteiger partial charge in [-0.1, -0.05) is 0 Å². The van der Waals surface area contributed by atoms with Gasteiger partial charge in [0.15, 0.2) is 0 Å². The van der Waals surface area contributed by atoms with Crippen LogP contribution in [0, 0.1) is 0 Å². The van der Waals surface area contributed by atoms with E-state index in [1.54, 1.807) is 0 Å². The van der Waals surface area contributed by atoms with Gasteiger partial charge in [-0.05, 0) is 25.2 Å². The molecular formula is C11H17N5O4S. The van der Waals surface area contributed by atoms with E-state index in [0.29, 0.717) is 5.69 Å². The van der Waals surface area contributed by atoms with Crippen molar-refractivity contribution in [1.29, 1.82) is 0 Å². The lowest BCUT2D eigenvalue weighted by molar-refractivity contribution is -0.117. The van der Waals surface area contributed by atoms with Crippen LogP contribution in [0.2, 0.25) is 0 Å². The van der Waals surface area contributed by atoms with Gasteiger partial charge in [-0.3, -0.25) is 9.59 Å². The van der Waals surface area contributed by atoms with Gasteiger partial charge in [-0.25, -0.2) is 13.1 Å². The van der Waals surface area contributed by atoms with Crippen LogP contribution in [0.5, 0.6) is 0 Å². The maximum Gasteiger partial charge on any atom is 0.242 e. The van der Waals surface area contributed by atoms with Gasteiger partial charge < -0.3 is 22.1 Å². The van der Waals surface area contributed by atoms with Gasteiger partial charge in [-0.15, -0.1) is 0 Å². The highest BCUT2D eigenvalue weighted by Gasteiger charge is 2.18. The lowest BCUT2D eigenvalue weighted by Crippen LogP contribution is -2.39. The van der Waals surface area contributed by atoms with E-state index in [9.17, 15) is 18.0 Å². The van der Waals surface area contributed by atoms with Crippen molar-refractivity contribution in [2.45, 2.75) is 4.90 Å². The molecule has 0 radical (unpaired) electrons. The van der Waals surface area contributed by atoms with Crippen molar-refractivity contribution in [3.05, 3.63) is 18.2 Å². The lowest BCUT2D eigenvalue weighted by Gasteiger charge is -2.22. The first kappa shape index (κ1) is 16.7. The highest BCUT2D eigenvalue weighted by molar-refractivity contribution is 7.89. The maximum absolute atomic E-state index is 11.7. The fraction of sp³-hybridized carbons (Fsp3) is 0.273. The van der Waals surface area contributed by atoms with Crippen molar-refractivity contribution in [2.75, 3.05) is 30.8 Å². The average molecular weight is 315 g/mol. The number of rotatable bonds is 7. The third kappa shape index (κ3) is 4.33. The van der Waals surface area contributed by atoms with Crippen LogP contribution in [0.25, 0.3) is 0 Å². The minimum absolute atomic E-state index is 0.0270. The second-order valence-corrected chi connectivity index (χ2v) is 6.07. The first-order valence-electron chi connectivity index (χ1n) is 5.82. The molecule has 0 aromatic heterocycles. The quantitative estimate of drug-likeness (QED) is 0.423. The Morgan fingerprint density at radius 3 is 2.10 bits per heavy atom. The van der Waals surface area contributed by atoms with Gasteiger partial charge in [0.05, 0.1) is 18.8 Å². The number of amides is 2. The maximum atomic E-state index is 11.7. The number of hydrogen-bond acceptors (Lipinski definition) is 6. The number of benzene rings is 1. The molecule has 0 spiro atoms. The highest BCUT2D eigenvalue weighted by Crippen LogP contribution is 2.24. The molecule has 0 fully saturated rings. The van der Waals surface area contributed by atoms with Crippen LogP contribution >= 0.6 is 0 Å². The van der Waals surface area contributed by atoms with Crippen molar-refractivity contribution in [1.82, 2.24) is 4.72 Å². The van der Waals surface area contributed by atoms with Crippen molar-refractivity contribution in [2.24, 2.45) is 11.5 Å². The summed E-state index contributed by atoms with van der Waals surface area (Å²) in [5, 5.41) is 0. The Hall–Kier alpha value is -2.33. The van der Waals surface area contributed by atoms with Gasteiger partial charge >= 0.3 is 0 Å². The fourth-order valence-corrected chi connectivity index (χ4v) is 2.54. The summed E-state index contributed by atoms with van der Waals surface area (Å²) in [5.74, 6) is -1.33. The summed E-state index contributed by atoms with van der Waals surface area (Å²) in [5.41, 5.74) is 16.2. The standard InChI is InChI=1S/C11H17N5O4S/c1-15-21(19,20)9-3-2-7(4-8(9)12)16(5-10(13)17)6-11(14)18/h2-4,15H,5-6,12H2,1H3,(H2,13,17)(H2,14,18). The second kappa shape index (κ2) is 6.41. The Kier molecular flexibility index (Phi) is 5.11. The Labute approximate surface area is 122 Å². The molecule has 0 saturated heterocycles. The molecule has 0 aliphatic carbocycles. The molecule has 7 N–H and O–H groups in total. The van der Waals surface area contributed by atoms with Crippen molar-refractivity contribution in [3.8, 4) is 0 Å². The average Bonchev–Trinajstić information content (AvgIpc) is 2.36. The number of carbonyl (C=O) groups excluding carboxylic acids is 2. The van der Waals surface area contributed by atoms with Crippen LogP contribution < -0.4 is 26.8 Å². The van der Waals surface area contributed by atoms with Gasteiger partial charge in [0, 0.05) is 5.69 Å². The molecule has 0 unspecified atom stereocenters. The summed E-state index contributed by atoms with van der Waals surface area (Å²) in [7, 11) is -2.44. The number of sulfonamides is 1. The van der Waals surface area contributed by atoms with E-state index in [1.807, 2.05) is 0 Å². The smallest absolute Gasteiger partial charge is 0.242 e. The molecule has 1 aromatic carbocycles. The van der Waals surface area contributed by atoms with Crippen LogP contribution in [-0.2, 0) is 19.6 Å². The Morgan fingerprint density at radius 2 is 1.71 bits per heavy atom. The molecule has 0 aliphatic heterocycles. The normalized spacial score (nSPS) is 11.1. The fourth-order valence-electron chi connectivity index (χ4n) is 1.70. The van der Waals surface area contributed by atoms with Gasteiger partial charge in [-0.2, -0.15) is 0 Å². The number of hydrogen-bond donors (Lipinski definition) is 4. The molecule has 0 heterocycles. The molecule has 0 saturated carbocycles. The molecule has 116 valence electrons.